The Morgan fingerprint density at radius 3 is 2.39 bits per heavy atom. The number of rotatable bonds is 3. The van der Waals surface area contributed by atoms with Gasteiger partial charge in [0.05, 0.1) is 0 Å². The summed E-state index contributed by atoms with van der Waals surface area (Å²) in [4.78, 5) is 0. The van der Waals surface area contributed by atoms with E-state index in [0.29, 0.717) is 12.6 Å². The van der Waals surface area contributed by atoms with Gasteiger partial charge in [0.25, 0.3) is 0 Å². The zero-order chi connectivity index (χ0) is 12.8. The average molecular weight is 251 g/mol. The van der Waals surface area contributed by atoms with E-state index in [-0.39, 0.29) is 11.6 Å². The van der Waals surface area contributed by atoms with Crippen molar-refractivity contribution >= 4 is 0 Å². The van der Waals surface area contributed by atoms with E-state index in [1.54, 1.807) is 6.07 Å². The molecule has 2 nitrogen and oxygen atoms in total. The molecule has 0 spiro atoms. The molecule has 0 aromatic heterocycles. The molecule has 0 radical (unpaired) electrons. The van der Waals surface area contributed by atoms with Gasteiger partial charge in [-0.3, -0.25) is 0 Å². The summed E-state index contributed by atoms with van der Waals surface area (Å²) < 4.78 is 13.1. The van der Waals surface area contributed by atoms with Crippen LogP contribution in [0.4, 0.5) is 4.39 Å². The van der Waals surface area contributed by atoms with Crippen LogP contribution in [0.25, 0.3) is 0 Å². The molecule has 1 saturated carbocycles. The van der Waals surface area contributed by atoms with Crippen LogP contribution in [0.2, 0.25) is 0 Å². The van der Waals surface area contributed by atoms with E-state index in [0.717, 1.165) is 11.6 Å². The van der Waals surface area contributed by atoms with Crippen molar-refractivity contribution in [1.29, 1.82) is 0 Å². The summed E-state index contributed by atoms with van der Waals surface area (Å²) in [7, 11) is 0. The molecule has 2 rings (SSSR count). The Hall–Kier alpha value is -1.09. The molecule has 1 aliphatic rings. The second kappa shape index (κ2) is 6.74. The normalized spacial score (nSPS) is 18.3. The molecule has 1 aliphatic carbocycles. The largest absolute Gasteiger partial charge is 0.508 e. The fourth-order valence-corrected chi connectivity index (χ4v) is 2.66. The van der Waals surface area contributed by atoms with Crippen LogP contribution in [0.5, 0.6) is 5.75 Å². The third kappa shape index (κ3) is 4.30. The molecular weight excluding hydrogens is 229 g/mol. The highest BCUT2D eigenvalue weighted by Crippen LogP contribution is 2.18. The van der Waals surface area contributed by atoms with Crippen LogP contribution >= 0.6 is 0 Å². The summed E-state index contributed by atoms with van der Waals surface area (Å²) in [6.45, 7) is 0.635. The Morgan fingerprint density at radius 2 is 1.72 bits per heavy atom. The molecule has 0 heterocycles. The highest BCUT2D eigenvalue weighted by atomic mass is 19.1. The van der Waals surface area contributed by atoms with E-state index >= 15 is 0 Å². The van der Waals surface area contributed by atoms with Gasteiger partial charge in [-0.15, -0.1) is 0 Å². The van der Waals surface area contributed by atoms with Gasteiger partial charge < -0.3 is 10.4 Å². The van der Waals surface area contributed by atoms with E-state index in [2.05, 4.69) is 5.32 Å². The molecule has 0 bridgehead atoms. The van der Waals surface area contributed by atoms with Crippen LogP contribution in [-0.2, 0) is 6.54 Å². The van der Waals surface area contributed by atoms with E-state index in [4.69, 9.17) is 0 Å². The maximum atomic E-state index is 13.1. The first kappa shape index (κ1) is 13.3. The van der Waals surface area contributed by atoms with Crippen molar-refractivity contribution in [1.82, 2.24) is 5.32 Å². The first-order valence-electron chi connectivity index (χ1n) is 6.96. The third-order valence-corrected chi connectivity index (χ3v) is 3.64. The summed E-state index contributed by atoms with van der Waals surface area (Å²) in [5, 5.41) is 12.8. The minimum atomic E-state index is -0.371. The Labute approximate surface area is 108 Å². The Morgan fingerprint density at radius 1 is 1.06 bits per heavy atom. The fourth-order valence-electron chi connectivity index (χ4n) is 2.66. The van der Waals surface area contributed by atoms with Crippen molar-refractivity contribution in [3.63, 3.8) is 0 Å². The summed E-state index contributed by atoms with van der Waals surface area (Å²) >= 11 is 0. The van der Waals surface area contributed by atoms with Crippen molar-refractivity contribution in [2.45, 2.75) is 57.5 Å². The van der Waals surface area contributed by atoms with Gasteiger partial charge in [0.2, 0.25) is 0 Å². The van der Waals surface area contributed by atoms with Gasteiger partial charge >= 0.3 is 0 Å². The molecule has 2 N–H and O–H groups in total. The second-order valence-corrected chi connectivity index (χ2v) is 5.24. The molecule has 1 aromatic carbocycles. The van der Waals surface area contributed by atoms with Crippen LogP contribution in [-0.4, -0.2) is 11.1 Å². The van der Waals surface area contributed by atoms with Crippen LogP contribution in [0.15, 0.2) is 18.2 Å². The van der Waals surface area contributed by atoms with Crippen molar-refractivity contribution in [2.24, 2.45) is 0 Å². The van der Waals surface area contributed by atoms with Gasteiger partial charge in [-0.05, 0) is 30.5 Å². The minimum Gasteiger partial charge on any atom is -0.508 e. The number of hydrogen-bond acceptors (Lipinski definition) is 2. The first-order valence-corrected chi connectivity index (χ1v) is 6.96. The van der Waals surface area contributed by atoms with E-state index in [1.165, 1.54) is 51.0 Å². The monoisotopic (exact) mass is 251 g/mol. The lowest BCUT2D eigenvalue weighted by atomic mass is 9.96. The van der Waals surface area contributed by atoms with E-state index in [9.17, 15) is 9.50 Å². The molecule has 1 aromatic rings. The van der Waals surface area contributed by atoms with Crippen LogP contribution < -0.4 is 5.32 Å². The third-order valence-electron chi connectivity index (χ3n) is 3.64. The maximum Gasteiger partial charge on any atom is 0.127 e. The first-order chi connectivity index (χ1) is 8.74. The van der Waals surface area contributed by atoms with E-state index < -0.39 is 0 Å². The highest BCUT2D eigenvalue weighted by molar-refractivity contribution is 5.28. The number of aromatic hydroxyl groups is 1. The average Bonchev–Trinajstić information content (AvgIpc) is 2.26. The molecule has 1 fully saturated rings. The molecule has 18 heavy (non-hydrogen) atoms. The van der Waals surface area contributed by atoms with Crippen molar-refractivity contribution in [3.8, 4) is 5.75 Å². The van der Waals surface area contributed by atoms with Crippen LogP contribution in [0.3, 0.4) is 0 Å². The number of phenolic OH excluding ortho intramolecular Hbond substituents is 1. The SMILES string of the molecule is Oc1cc(F)cc(CNC2CCCCCCC2)c1. The molecule has 0 amide bonds. The fraction of sp³-hybridized carbons (Fsp3) is 0.600. The number of phenols is 1. The van der Waals surface area contributed by atoms with Gasteiger partial charge in [0, 0.05) is 18.7 Å². The highest BCUT2D eigenvalue weighted by Gasteiger charge is 2.10. The molecular formula is C15H22FNO. The predicted octanol–water partition coefficient (Wildman–Crippen LogP) is 3.73. The molecule has 0 aliphatic heterocycles. The summed E-state index contributed by atoms with van der Waals surface area (Å²) in [5.41, 5.74) is 0.814. The van der Waals surface area contributed by atoms with Crippen LogP contribution in [0.1, 0.15) is 50.5 Å². The van der Waals surface area contributed by atoms with E-state index in [1.807, 2.05) is 0 Å². The van der Waals surface area contributed by atoms with Crippen molar-refractivity contribution in [2.75, 3.05) is 0 Å². The summed E-state index contributed by atoms with van der Waals surface area (Å²) in [6, 6.07) is 4.78. The van der Waals surface area contributed by atoms with Crippen molar-refractivity contribution < 1.29 is 9.50 Å². The lowest BCUT2D eigenvalue weighted by molar-refractivity contribution is 0.388. The second-order valence-electron chi connectivity index (χ2n) is 5.24. The molecule has 3 heteroatoms. The number of benzene rings is 1. The standard InChI is InChI=1S/C15H22FNO/c16-13-8-12(9-15(18)10-13)11-17-14-6-4-2-1-3-5-7-14/h8-10,14,17-18H,1-7,11H2. The smallest absolute Gasteiger partial charge is 0.127 e. The molecule has 0 unspecified atom stereocenters. The lowest BCUT2D eigenvalue weighted by Gasteiger charge is -2.21. The van der Waals surface area contributed by atoms with Gasteiger partial charge in [0.1, 0.15) is 11.6 Å². The van der Waals surface area contributed by atoms with Crippen LogP contribution in [0, 0.1) is 5.82 Å². The summed E-state index contributed by atoms with van der Waals surface area (Å²) in [6.07, 6.45) is 9.02. The van der Waals surface area contributed by atoms with Gasteiger partial charge in [-0.1, -0.05) is 32.1 Å². The molecule has 100 valence electrons. The molecule has 0 atom stereocenters. The number of hydrogen-bond donors (Lipinski definition) is 2. The maximum absolute atomic E-state index is 13.1. The van der Waals surface area contributed by atoms with Crippen molar-refractivity contribution in [3.05, 3.63) is 29.6 Å². The van der Waals surface area contributed by atoms with Gasteiger partial charge in [-0.2, -0.15) is 0 Å². The zero-order valence-corrected chi connectivity index (χ0v) is 10.8. The lowest BCUT2D eigenvalue weighted by Crippen LogP contribution is -2.29. The predicted molar refractivity (Wildman–Crippen MR) is 71.0 cm³/mol. The Bertz CT molecular complexity index is 353. The minimum absolute atomic E-state index is 0.00414. The zero-order valence-electron chi connectivity index (χ0n) is 10.8. The number of halogens is 1. The topological polar surface area (TPSA) is 32.3 Å². The number of nitrogens with one attached hydrogen (secondary N) is 1. The quantitative estimate of drug-likeness (QED) is 0.857. The molecule has 0 saturated heterocycles. The Kier molecular flexibility index (Phi) is 5.00. The van der Waals surface area contributed by atoms with Gasteiger partial charge in [-0.25, -0.2) is 4.39 Å². The summed E-state index contributed by atoms with van der Waals surface area (Å²) in [5.74, 6) is -0.367. The van der Waals surface area contributed by atoms with Gasteiger partial charge in [0.15, 0.2) is 0 Å². The Balaban J connectivity index is 1.85.